The van der Waals surface area contributed by atoms with Crippen LogP contribution in [0.15, 0.2) is 59.5 Å². The summed E-state index contributed by atoms with van der Waals surface area (Å²) in [6.45, 7) is 4.66. The van der Waals surface area contributed by atoms with Crippen LogP contribution >= 0.6 is 0 Å². The Balaban J connectivity index is 1.89. The van der Waals surface area contributed by atoms with Crippen LogP contribution in [0.5, 0.6) is 0 Å². The van der Waals surface area contributed by atoms with Gasteiger partial charge < -0.3 is 10.0 Å². The molecule has 0 spiro atoms. The van der Waals surface area contributed by atoms with E-state index in [1.807, 2.05) is 25.1 Å². The first-order valence-corrected chi connectivity index (χ1v) is 10.6. The minimum Gasteiger partial charge on any atom is -0.385 e. The fourth-order valence-corrected chi connectivity index (χ4v) is 5.03. The summed E-state index contributed by atoms with van der Waals surface area (Å²) in [4.78, 5) is 1.58. The number of benzene rings is 2. The summed E-state index contributed by atoms with van der Waals surface area (Å²) < 4.78 is 27.8. The number of nitrogens with zero attached hydrogens (tertiary/aromatic N) is 1. The maximum atomic E-state index is 13.2. The molecule has 1 aliphatic rings. The summed E-state index contributed by atoms with van der Waals surface area (Å²) in [6, 6.07) is 15.8. The van der Waals surface area contributed by atoms with E-state index in [2.05, 4.69) is 0 Å². The Morgan fingerprint density at radius 3 is 2.42 bits per heavy atom. The molecule has 1 heterocycles. The van der Waals surface area contributed by atoms with Gasteiger partial charge in [0, 0.05) is 12.8 Å². The zero-order valence-corrected chi connectivity index (χ0v) is 16.0. The largest absolute Gasteiger partial charge is 0.385 e. The van der Waals surface area contributed by atoms with Crippen molar-refractivity contribution in [2.45, 2.75) is 30.8 Å². The van der Waals surface area contributed by atoms with Crippen molar-refractivity contribution in [2.24, 2.45) is 0 Å². The van der Waals surface area contributed by atoms with Gasteiger partial charge in [0.25, 0.3) is 10.0 Å². The highest BCUT2D eigenvalue weighted by Crippen LogP contribution is 2.24. The molecule has 140 valence electrons. The highest BCUT2D eigenvalue weighted by molar-refractivity contribution is 7.92. The summed E-state index contributed by atoms with van der Waals surface area (Å²) in [6.07, 6.45) is 1.64. The highest BCUT2D eigenvalue weighted by Gasteiger charge is 2.29. The molecule has 0 aromatic heterocycles. The lowest BCUT2D eigenvalue weighted by Gasteiger charge is -2.28. The second kappa shape index (κ2) is 8.20. The van der Waals surface area contributed by atoms with Crippen molar-refractivity contribution in [3.63, 3.8) is 0 Å². The van der Waals surface area contributed by atoms with Gasteiger partial charge >= 0.3 is 0 Å². The van der Waals surface area contributed by atoms with E-state index >= 15 is 0 Å². The van der Waals surface area contributed by atoms with Gasteiger partial charge in [-0.25, -0.2) is 8.42 Å². The van der Waals surface area contributed by atoms with Crippen LogP contribution in [0.3, 0.4) is 0 Å². The molecule has 6 heteroatoms. The van der Waals surface area contributed by atoms with Crippen LogP contribution in [0.4, 0.5) is 5.69 Å². The number of aliphatic hydroxyl groups is 1. The van der Waals surface area contributed by atoms with Crippen molar-refractivity contribution >= 4 is 15.7 Å². The van der Waals surface area contributed by atoms with Crippen LogP contribution in [0, 0.1) is 6.92 Å². The average Bonchev–Trinajstić information content (AvgIpc) is 3.13. The SMILES string of the molecule is Cc1cccc(N(C[C@H](O)C[NH+]2CCCC2)S(=O)(=O)c2ccccc2)c1. The molecule has 0 unspecified atom stereocenters. The first kappa shape index (κ1) is 18.9. The number of likely N-dealkylation sites (tertiary alicyclic amines) is 1. The number of aryl methyl sites for hydroxylation is 1. The molecule has 2 aromatic rings. The average molecular weight is 376 g/mol. The van der Waals surface area contributed by atoms with E-state index in [-0.39, 0.29) is 11.4 Å². The van der Waals surface area contributed by atoms with E-state index in [4.69, 9.17) is 0 Å². The van der Waals surface area contributed by atoms with Gasteiger partial charge in [-0.15, -0.1) is 0 Å². The number of hydrogen-bond donors (Lipinski definition) is 2. The minimum atomic E-state index is -3.74. The van der Waals surface area contributed by atoms with Crippen molar-refractivity contribution < 1.29 is 18.4 Å². The predicted octanol–water partition coefficient (Wildman–Crippen LogP) is 1.23. The van der Waals surface area contributed by atoms with E-state index in [1.54, 1.807) is 36.4 Å². The Morgan fingerprint density at radius 2 is 1.77 bits per heavy atom. The predicted molar refractivity (Wildman–Crippen MR) is 103 cm³/mol. The molecule has 1 saturated heterocycles. The Kier molecular flexibility index (Phi) is 5.96. The maximum Gasteiger partial charge on any atom is 0.264 e. The standard InChI is InChI=1S/C20H26N2O3S/c1-17-8-7-9-18(14-17)22(16-19(23)15-21-12-5-6-13-21)26(24,25)20-10-3-2-4-11-20/h2-4,7-11,14,19,23H,5-6,12-13,15-16H2,1H3/p+1/t19-/m1/s1. The second-order valence-corrected chi connectivity index (χ2v) is 8.87. The summed E-state index contributed by atoms with van der Waals surface area (Å²) in [5.74, 6) is 0. The quantitative estimate of drug-likeness (QED) is 0.765. The molecule has 0 aliphatic carbocycles. The number of rotatable bonds is 7. The molecule has 0 saturated carbocycles. The van der Waals surface area contributed by atoms with E-state index in [9.17, 15) is 13.5 Å². The lowest BCUT2D eigenvalue weighted by atomic mass is 10.2. The lowest BCUT2D eigenvalue weighted by Crippen LogP contribution is -3.11. The summed E-state index contributed by atoms with van der Waals surface area (Å²) in [5.41, 5.74) is 1.57. The second-order valence-electron chi connectivity index (χ2n) is 7.00. The van der Waals surface area contributed by atoms with Crippen molar-refractivity contribution in [3.05, 3.63) is 60.2 Å². The Bertz CT molecular complexity index is 818. The molecule has 1 aliphatic heterocycles. The van der Waals surface area contributed by atoms with E-state index < -0.39 is 16.1 Å². The number of anilines is 1. The van der Waals surface area contributed by atoms with Crippen LogP contribution in [0.2, 0.25) is 0 Å². The molecule has 0 radical (unpaired) electrons. The topological polar surface area (TPSA) is 62.1 Å². The molecule has 0 bridgehead atoms. The number of aliphatic hydroxyl groups excluding tert-OH is 1. The molecule has 5 nitrogen and oxygen atoms in total. The fourth-order valence-electron chi connectivity index (χ4n) is 3.51. The van der Waals surface area contributed by atoms with E-state index in [0.29, 0.717) is 12.2 Å². The Hall–Kier alpha value is -1.89. The van der Waals surface area contributed by atoms with Crippen LogP contribution in [0.1, 0.15) is 18.4 Å². The Labute approximate surface area is 155 Å². The van der Waals surface area contributed by atoms with E-state index in [1.165, 1.54) is 22.0 Å². The number of sulfonamides is 1. The van der Waals surface area contributed by atoms with Crippen molar-refractivity contribution in [1.82, 2.24) is 0 Å². The van der Waals surface area contributed by atoms with Crippen molar-refractivity contribution in [1.29, 1.82) is 0 Å². The van der Waals surface area contributed by atoms with Crippen molar-refractivity contribution in [2.75, 3.05) is 30.5 Å². The number of quaternary nitrogens is 1. The molecule has 2 N–H and O–H groups in total. The summed E-state index contributed by atoms with van der Waals surface area (Å²) in [5, 5.41) is 10.6. The van der Waals surface area contributed by atoms with Crippen LogP contribution < -0.4 is 9.21 Å². The smallest absolute Gasteiger partial charge is 0.264 e. The third-order valence-corrected chi connectivity index (χ3v) is 6.64. The molecule has 1 atom stereocenters. The number of hydrogen-bond acceptors (Lipinski definition) is 3. The van der Waals surface area contributed by atoms with Gasteiger partial charge in [-0.3, -0.25) is 4.31 Å². The summed E-state index contributed by atoms with van der Waals surface area (Å²) in [7, 11) is -3.74. The van der Waals surface area contributed by atoms with Crippen molar-refractivity contribution in [3.8, 4) is 0 Å². The fraction of sp³-hybridized carbons (Fsp3) is 0.400. The third-order valence-electron chi connectivity index (χ3n) is 4.83. The number of nitrogens with one attached hydrogen (secondary N) is 1. The zero-order chi connectivity index (χ0) is 18.6. The first-order valence-electron chi connectivity index (χ1n) is 9.13. The van der Waals surface area contributed by atoms with Crippen LogP contribution in [-0.2, 0) is 10.0 Å². The zero-order valence-electron chi connectivity index (χ0n) is 15.1. The maximum absolute atomic E-state index is 13.2. The molecule has 1 fully saturated rings. The normalized spacial score (nSPS) is 16.5. The molecular weight excluding hydrogens is 348 g/mol. The molecule has 3 rings (SSSR count). The van der Waals surface area contributed by atoms with Gasteiger partial charge in [0.2, 0.25) is 0 Å². The van der Waals surface area contributed by atoms with E-state index in [0.717, 1.165) is 18.7 Å². The first-order chi connectivity index (χ1) is 12.5. The van der Waals surface area contributed by atoms with Gasteiger partial charge in [0.1, 0.15) is 12.6 Å². The molecule has 0 amide bonds. The van der Waals surface area contributed by atoms with Crippen LogP contribution in [-0.4, -0.2) is 45.8 Å². The van der Waals surface area contributed by atoms with Gasteiger partial charge in [0.05, 0.1) is 30.2 Å². The third kappa shape index (κ3) is 4.44. The van der Waals surface area contributed by atoms with Gasteiger partial charge in [0.15, 0.2) is 0 Å². The highest BCUT2D eigenvalue weighted by atomic mass is 32.2. The van der Waals surface area contributed by atoms with Gasteiger partial charge in [-0.1, -0.05) is 30.3 Å². The minimum absolute atomic E-state index is 0.0597. The van der Waals surface area contributed by atoms with Gasteiger partial charge in [-0.2, -0.15) is 0 Å². The molecule has 26 heavy (non-hydrogen) atoms. The van der Waals surface area contributed by atoms with Crippen LogP contribution in [0.25, 0.3) is 0 Å². The molecule has 2 aromatic carbocycles. The lowest BCUT2D eigenvalue weighted by molar-refractivity contribution is -0.890. The Morgan fingerprint density at radius 1 is 1.08 bits per heavy atom. The van der Waals surface area contributed by atoms with Gasteiger partial charge in [-0.05, 0) is 36.8 Å². The molecular formula is C20H27N2O3S+. The summed E-state index contributed by atoms with van der Waals surface area (Å²) >= 11 is 0. The monoisotopic (exact) mass is 375 g/mol.